The van der Waals surface area contributed by atoms with E-state index in [1.165, 1.54) is 12.1 Å². The van der Waals surface area contributed by atoms with Gasteiger partial charge in [0.25, 0.3) is 11.6 Å². The van der Waals surface area contributed by atoms with E-state index >= 15 is 0 Å². The molecule has 1 N–H and O–H groups in total. The number of carbonyl (C=O) groups excluding carboxylic acids is 1. The Labute approximate surface area is 185 Å². The van der Waals surface area contributed by atoms with Crippen molar-refractivity contribution >= 4 is 17.3 Å². The van der Waals surface area contributed by atoms with Crippen molar-refractivity contribution in [1.29, 1.82) is 0 Å². The summed E-state index contributed by atoms with van der Waals surface area (Å²) in [6, 6.07) is 6.34. The van der Waals surface area contributed by atoms with Gasteiger partial charge in [0.15, 0.2) is 0 Å². The molecule has 10 heteroatoms. The number of nitrogens with zero attached hydrogens (tertiary/aromatic N) is 4. The third-order valence-corrected chi connectivity index (χ3v) is 5.44. The molecule has 0 unspecified atom stereocenters. The molecule has 0 atom stereocenters. The second-order valence-corrected chi connectivity index (χ2v) is 7.70. The summed E-state index contributed by atoms with van der Waals surface area (Å²) in [5, 5.41) is 14.1. The first-order chi connectivity index (χ1) is 15.4. The third kappa shape index (κ3) is 4.71. The second kappa shape index (κ2) is 9.33. The topological polar surface area (TPSA) is 110 Å². The predicted molar refractivity (Wildman–Crippen MR) is 118 cm³/mol. The van der Waals surface area contributed by atoms with E-state index in [2.05, 4.69) is 16.8 Å². The lowest BCUT2D eigenvalue weighted by Crippen LogP contribution is -2.48. The minimum absolute atomic E-state index is 0.00512. The van der Waals surface area contributed by atoms with Crippen molar-refractivity contribution in [1.82, 2.24) is 15.1 Å². The summed E-state index contributed by atoms with van der Waals surface area (Å²) in [5.41, 5.74) is 1.44. The van der Waals surface area contributed by atoms with Gasteiger partial charge in [0.05, 0.1) is 43.1 Å². The van der Waals surface area contributed by atoms with Gasteiger partial charge in [-0.3, -0.25) is 14.9 Å². The molecule has 10 nitrogen and oxygen atoms in total. The fourth-order valence-corrected chi connectivity index (χ4v) is 3.54. The van der Waals surface area contributed by atoms with Gasteiger partial charge >= 0.3 is 0 Å². The van der Waals surface area contributed by atoms with Crippen molar-refractivity contribution in [2.75, 3.05) is 46.6 Å². The van der Waals surface area contributed by atoms with Crippen molar-refractivity contribution in [2.24, 2.45) is 4.99 Å². The summed E-state index contributed by atoms with van der Waals surface area (Å²) in [5.74, 6) is 1.10. The number of rotatable bonds is 6. The normalized spacial score (nSPS) is 20.3. The van der Waals surface area contributed by atoms with Gasteiger partial charge in [-0.2, -0.15) is 0 Å². The number of carbonyl (C=O) groups is 1. The molecule has 1 aromatic rings. The van der Waals surface area contributed by atoms with E-state index < -0.39 is 4.92 Å². The van der Waals surface area contributed by atoms with Crippen LogP contribution in [0.2, 0.25) is 0 Å². The molecule has 0 bridgehead atoms. The molecule has 2 fully saturated rings. The molecule has 0 spiro atoms. The monoisotopic (exact) mass is 439 g/mol. The number of morpholine rings is 1. The number of benzene rings is 1. The number of non-ortho nitro benzene ring substituents is 1. The van der Waals surface area contributed by atoms with E-state index in [-0.39, 0.29) is 23.2 Å². The number of amides is 1. The van der Waals surface area contributed by atoms with Gasteiger partial charge < -0.3 is 24.6 Å². The van der Waals surface area contributed by atoms with Crippen LogP contribution in [0.3, 0.4) is 0 Å². The summed E-state index contributed by atoms with van der Waals surface area (Å²) in [6.45, 7) is 7.50. The molecule has 32 heavy (non-hydrogen) atoms. The third-order valence-electron chi connectivity index (χ3n) is 5.44. The van der Waals surface area contributed by atoms with Gasteiger partial charge in [0.1, 0.15) is 11.6 Å². The van der Waals surface area contributed by atoms with E-state index in [9.17, 15) is 14.9 Å². The van der Waals surface area contributed by atoms with Crippen LogP contribution < -0.4 is 5.32 Å². The van der Waals surface area contributed by atoms with Crippen LogP contribution in [0.5, 0.6) is 0 Å². The SMILES string of the molecule is C=C(/C=C1/N=C(c2cccc([N+](=O)[O-])c2)C=C(N2CCOCC2)N1C)C(=O)NC1COC1. The van der Waals surface area contributed by atoms with E-state index in [0.717, 1.165) is 5.82 Å². The minimum atomic E-state index is -0.432. The number of nitro benzene ring substituents is 1. The fourth-order valence-electron chi connectivity index (χ4n) is 3.54. The van der Waals surface area contributed by atoms with Crippen LogP contribution in [-0.4, -0.2) is 78.9 Å². The Morgan fingerprint density at radius 2 is 2.06 bits per heavy atom. The molecule has 0 radical (unpaired) electrons. The Kier molecular flexibility index (Phi) is 6.33. The first-order valence-corrected chi connectivity index (χ1v) is 10.3. The van der Waals surface area contributed by atoms with Crippen molar-refractivity contribution in [2.45, 2.75) is 6.04 Å². The van der Waals surface area contributed by atoms with Crippen molar-refractivity contribution < 1.29 is 19.2 Å². The van der Waals surface area contributed by atoms with Crippen LogP contribution in [-0.2, 0) is 14.3 Å². The van der Waals surface area contributed by atoms with Gasteiger partial charge in [-0.1, -0.05) is 18.7 Å². The molecule has 2 saturated heterocycles. The molecule has 0 aliphatic carbocycles. The Bertz CT molecular complexity index is 1020. The number of hydrogen-bond donors (Lipinski definition) is 1. The zero-order chi connectivity index (χ0) is 22.7. The lowest BCUT2D eigenvalue weighted by molar-refractivity contribution is -0.384. The quantitative estimate of drug-likeness (QED) is 0.406. The number of allylic oxidation sites excluding steroid dienone is 1. The van der Waals surface area contributed by atoms with E-state index in [4.69, 9.17) is 14.5 Å². The van der Waals surface area contributed by atoms with Crippen molar-refractivity contribution in [3.05, 3.63) is 75.9 Å². The maximum Gasteiger partial charge on any atom is 0.270 e. The van der Waals surface area contributed by atoms with Gasteiger partial charge in [0, 0.05) is 49.5 Å². The first kappa shape index (κ1) is 21.7. The second-order valence-electron chi connectivity index (χ2n) is 7.70. The summed E-state index contributed by atoms with van der Waals surface area (Å²) < 4.78 is 10.6. The molecule has 3 heterocycles. The van der Waals surface area contributed by atoms with Crippen LogP contribution in [0.15, 0.2) is 65.2 Å². The standard InChI is InChI=1S/C22H25N5O5/c1-15(22(28)23-17-13-32-14-17)10-20-24-19(16-4-3-5-18(11-16)27(29)30)12-21(25(20)2)26-6-8-31-9-7-26/h3-5,10-12,17H,1,6-9,13-14H2,2H3,(H,23,28)/b20-10-. The van der Waals surface area contributed by atoms with Crippen LogP contribution in [0.1, 0.15) is 5.56 Å². The largest absolute Gasteiger partial charge is 0.378 e. The smallest absolute Gasteiger partial charge is 0.270 e. The average Bonchev–Trinajstić information content (AvgIpc) is 2.78. The van der Waals surface area contributed by atoms with Gasteiger partial charge in [-0.05, 0) is 6.08 Å². The summed E-state index contributed by atoms with van der Waals surface area (Å²) in [7, 11) is 1.87. The zero-order valence-corrected chi connectivity index (χ0v) is 17.8. The molecular formula is C22H25N5O5. The number of aliphatic imine (C=N–C) groups is 1. The maximum atomic E-state index is 12.5. The molecule has 0 saturated carbocycles. The molecule has 3 aliphatic rings. The summed E-state index contributed by atoms with van der Waals surface area (Å²) in [6.07, 6.45) is 3.52. The summed E-state index contributed by atoms with van der Waals surface area (Å²) in [4.78, 5) is 32.0. The Morgan fingerprint density at radius 3 is 2.72 bits per heavy atom. The molecular weight excluding hydrogens is 414 g/mol. The highest BCUT2D eigenvalue weighted by atomic mass is 16.6. The summed E-state index contributed by atoms with van der Waals surface area (Å²) >= 11 is 0. The average molecular weight is 439 g/mol. The first-order valence-electron chi connectivity index (χ1n) is 10.3. The van der Waals surface area contributed by atoms with Gasteiger partial charge in [0.2, 0.25) is 0 Å². The van der Waals surface area contributed by atoms with Crippen LogP contribution in [0.4, 0.5) is 5.69 Å². The van der Waals surface area contributed by atoms with Crippen LogP contribution in [0.25, 0.3) is 0 Å². The highest BCUT2D eigenvalue weighted by Gasteiger charge is 2.26. The Hall–Kier alpha value is -3.50. The van der Waals surface area contributed by atoms with Gasteiger partial charge in [-0.25, -0.2) is 4.99 Å². The van der Waals surface area contributed by atoms with Crippen molar-refractivity contribution in [3.63, 3.8) is 0 Å². The Balaban J connectivity index is 1.67. The number of hydrogen-bond acceptors (Lipinski definition) is 8. The van der Waals surface area contributed by atoms with E-state index in [1.807, 2.05) is 18.0 Å². The number of ether oxygens (including phenoxy) is 2. The number of nitro groups is 1. The molecule has 1 aromatic carbocycles. The maximum absolute atomic E-state index is 12.5. The van der Waals surface area contributed by atoms with E-state index in [1.54, 1.807) is 18.2 Å². The fraction of sp³-hybridized carbons (Fsp3) is 0.364. The number of nitrogens with one attached hydrogen (secondary N) is 1. The predicted octanol–water partition coefficient (Wildman–Crippen LogP) is 1.42. The zero-order valence-electron chi connectivity index (χ0n) is 17.8. The molecule has 3 aliphatic heterocycles. The van der Waals surface area contributed by atoms with Crippen LogP contribution in [0, 0.1) is 10.1 Å². The highest BCUT2D eigenvalue weighted by Crippen LogP contribution is 2.26. The van der Waals surface area contributed by atoms with E-state index in [0.29, 0.717) is 56.6 Å². The molecule has 1 amide bonds. The minimum Gasteiger partial charge on any atom is -0.378 e. The van der Waals surface area contributed by atoms with Crippen LogP contribution >= 0.6 is 0 Å². The Morgan fingerprint density at radius 1 is 1.31 bits per heavy atom. The molecule has 4 rings (SSSR count). The van der Waals surface area contributed by atoms with Crippen molar-refractivity contribution in [3.8, 4) is 0 Å². The molecule has 0 aromatic heterocycles. The lowest BCUT2D eigenvalue weighted by Gasteiger charge is -2.38. The molecule has 168 valence electrons. The lowest BCUT2D eigenvalue weighted by atomic mass is 10.1. The highest BCUT2D eigenvalue weighted by molar-refractivity contribution is 6.10. The van der Waals surface area contributed by atoms with Gasteiger partial charge in [-0.15, -0.1) is 0 Å².